The molecule has 1 saturated carbocycles. The molecule has 4 N–H and O–H groups in total. The molecule has 3 heterocycles. The van der Waals surface area contributed by atoms with E-state index in [0.29, 0.717) is 24.5 Å². The number of halogens is 1. The van der Waals surface area contributed by atoms with Crippen molar-refractivity contribution >= 4 is 47.3 Å². The summed E-state index contributed by atoms with van der Waals surface area (Å²) in [6.45, 7) is 0.418. The average Bonchev–Trinajstić information content (AvgIpc) is 3.17. The van der Waals surface area contributed by atoms with Crippen molar-refractivity contribution in [2.75, 3.05) is 5.73 Å². The third-order valence-corrected chi connectivity index (χ3v) is 6.78. The lowest BCUT2D eigenvalue weighted by Crippen LogP contribution is -2.23. The van der Waals surface area contributed by atoms with Crippen LogP contribution in [0.4, 0.5) is 5.95 Å². The monoisotopic (exact) mass is 465 g/mol. The van der Waals surface area contributed by atoms with E-state index in [9.17, 15) is 14.4 Å². The molecule has 1 aliphatic heterocycles. The highest BCUT2D eigenvalue weighted by atomic mass is 127. The molecule has 2 aromatic heterocycles. The first kappa shape index (κ1) is 16.6. The molecule has 0 spiro atoms. The van der Waals surface area contributed by atoms with Crippen molar-refractivity contribution in [3.8, 4) is 0 Å². The highest BCUT2D eigenvalue weighted by Gasteiger charge is 2.43. The van der Waals surface area contributed by atoms with Gasteiger partial charge in [0.05, 0.1) is 24.7 Å². The van der Waals surface area contributed by atoms with Crippen LogP contribution in [0.2, 0.25) is 0 Å². The molecule has 24 heavy (non-hydrogen) atoms. The number of rotatable bonds is 4. The van der Waals surface area contributed by atoms with Gasteiger partial charge in [0.25, 0.3) is 0 Å². The van der Waals surface area contributed by atoms with Gasteiger partial charge in [-0.05, 0) is 19.3 Å². The number of nitrogens with two attached hydrogens (primary N) is 1. The van der Waals surface area contributed by atoms with Gasteiger partial charge in [-0.15, -0.1) is 0 Å². The quantitative estimate of drug-likeness (QED) is 0.350. The summed E-state index contributed by atoms with van der Waals surface area (Å²) in [5.41, 5.74) is 8.13. The summed E-state index contributed by atoms with van der Waals surface area (Å²) in [5.74, 6) is -0.418. The van der Waals surface area contributed by atoms with Gasteiger partial charge < -0.3 is 24.8 Å². The molecule has 2 fully saturated rings. The van der Waals surface area contributed by atoms with Gasteiger partial charge in [0.15, 0.2) is 11.5 Å². The number of hydrogen-bond donors (Lipinski definition) is 3. The molecule has 0 unspecified atom stereocenters. The van der Waals surface area contributed by atoms with Crippen LogP contribution in [0.15, 0.2) is 6.33 Å². The Bertz CT molecular complexity index is 835. The first-order valence-corrected chi connectivity index (χ1v) is 10.6. The molecule has 2 aromatic rings. The van der Waals surface area contributed by atoms with Gasteiger partial charge in [-0.1, -0.05) is 22.6 Å². The van der Waals surface area contributed by atoms with Crippen LogP contribution in [0.3, 0.4) is 0 Å². The molecule has 4 rings (SSSR count). The summed E-state index contributed by atoms with van der Waals surface area (Å²) in [6, 6.07) is 0. The van der Waals surface area contributed by atoms with Gasteiger partial charge in [-0.3, -0.25) is 4.57 Å². The van der Waals surface area contributed by atoms with E-state index in [4.69, 9.17) is 10.5 Å². The van der Waals surface area contributed by atoms with Crippen molar-refractivity contribution in [1.82, 2.24) is 19.5 Å². The van der Waals surface area contributed by atoms with Crippen LogP contribution in [0, 0.1) is 0 Å². The van der Waals surface area contributed by atoms with Gasteiger partial charge >= 0.3 is 7.60 Å². The lowest BCUT2D eigenvalue weighted by molar-refractivity contribution is 0.0646. The Morgan fingerprint density at radius 3 is 2.79 bits per heavy atom. The SMILES string of the molecule is Nc1nc(C2CC2)c2ncn(C[C@H]3O[C@@H](P(=O)(O)O)C[C@@H]3I)c2n1. The fraction of sp³-hybridized carbons (Fsp3) is 0.615. The van der Waals surface area contributed by atoms with Gasteiger partial charge in [0.2, 0.25) is 5.95 Å². The summed E-state index contributed by atoms with van der Waals surface area (Å²) < 4.78 is 18.8. The lowest BCUT2D eigenvalue weighted by atomic mass is 10.2. The molecule has 0 amide bonds. The molecule has 0 aromatic carbocycles. The van der Waals surface area contributed by atoms with Crippen molar-refractivity contribution in [3.05, 3.63) is 12.0 Å². The summed E-state index contributed by atoms with van der Waals surface area (Å²) in [7, 11) is -4.24. The van der Waals surface area contributed by atoms with Crippen LogP contribution in [0.5, 0.6) is 0 Å². The number of ether oxygens (including phenoxy) is 1. The Balaban J connectivity index is 1.62. The predicted molar refractivity (Wildman–Crippen MR) is 94.8 cm³/mol. The predicted octanol–water partition coefficient (Wildman–Crippen LogP) is 1.38. The minimum atomic E-state index is -4.24. The fourth-order valence-electron chi connectivity index (χ4n) is 3.01. The third-order valence-electron chi connectivity index (χ3n) is 4.39. The van der Waals surface area contributed by atoms with Gasteiger partial charge in [0, 0.05) is 9.84 Å². The van der Waals surface area contributed by atoms with E-state index < -0.39 is 13.4 Å². The second-order valence-electron chi connectivity index (χ2n) is 6.28. The summed E-state index contributed by atoms with van der Waals surface area (Å²) >= 11 is 2.17. The molecule has 130 valence electrons. The van der Waals surface area contributed by atoms with Crippen LogP contribution in [-0.2, 0) is 15.8 Å². The molecule has 0 bridgehead atoms. The molecule has 3 atom stereocenters. The van der Waals surface area contributed by atoms with Crippen molar-refractivity contribution in [1.29, 1.82) is 0 Å². The number of imidazole rings is 1. The summed E-state index contributed by atoms with van der Waals surface area (Å²) in [5, 5.41) is 0. The van der Waals surface area contributed by atoms with Crippen LogP contribution in [0.1, 0.15) is 30.9 Å². The van der Waals surface area contributed by atoms with Crippen LogP contribution in [0.25, 0.3) is 11.2 Å². The van der Waals surface area contributed by atoms with Crippen LogP contribution in [-0.4, -0.2) is 45.2 Å². The van der Waals surface area contributed by atoms with Crippen molar-refractivity contribution in [3.63, 3.8) is 0 Å². The first-order chi connectivity index (χ1) is 11.3. The number of alkyl halides is 1. The number of nitrogens with zero attached hydrogens (tertiary/aromatic N) is 4. The first-order valence-electron chi connectivity index (χ1n) is 7.66. The Kier molecular flexibility index (Phi) is 4.07. The minimum absolute atomic E-state index is 0.000221. The maximum atomic E-state index is 11.4. The maximum Gasteiger partial charge on any atom is 0.354 e. The molecular weight excluding hydrogens is 448 g/mol. The molecular formula is C13H17IN5O4P. The van der Waals surface area contributed by atoms with E-state index in [0.717, 1.165) is 24.1 Å². The maximum absolute atomic E-state index is 11.4. The summed E-state index contributed by atoms with van der Waals surface area (Å²) in [4.78, 5) is 31.7. The van der Waals surface area contributed by atoms with Crippen molar-refractivity contribution in [2.45, 2.75) is 47.6 Å². The second kappa shape index (κ2) is 5.87. The number of aromatic nitrogens is 4. The zero-order valence-electron chi connectivity index (χ0n) is 12.6. The minimum Gasteiger partial charge on any atom is -0.368 e. The second-order valence-corrected chi connectivity index (χ2v) is 9.63. The normalized spacial score (nSPS) is 27.9. The highest BCUT2D eigenvalue weighted by Crippen LogP contribution is 2.49. The molecule has 0 radical (unpaired) electrons. The van der Waals surface area contributed by atoms with Crippen molar-refractivity contribution in [2.24, 2.45) is 0 Å². The Hall–Kier alpha value is -0.810. The fourth-order valence-corrected chi connectivity index (χ4v) is 5.09. The Morgan fingerprint density at radius 2 is 2.17 bits per heavy atom. The molecule has 2 aliphatic rings. The zero-order valence-corrected chi connectivity index (χ0v) is 15.7. The topological polar surface area (TPSA) is 136 Å². The summed E-state index contributed by atoms with van der Waals surface area (Å²) in [6.07, 6.45) is 3.85. The molecule has 1 aliphatic carbocycles. The molecule has 1 saturated heterocycles. The number of anilines is 1. The Morgan fingerprint density at radius 1 is 1.42 bits per heavy atom. The van der Waals surface area contributed by atoms with E-state index in [1.807, 2.05) is 4.57 Å². The third kappa shape index (κ3) is 3.05. The Labute approximate surface area is 151 Å². The smallest absolute Gasteiger partial charge is 0.354 e. The van der Waals surface area contributed by atoms with E-state index in [1.54, 1.807) is 6.33 Å². The lowest BCUT2D eigenvalue weighted by Gasteiger charge is -2.16. The molecule has 11 heteroatoms. The number of nitrogen functional groups attached to an aromatic ring is 1. The van der Waals surface area contributed by atoms with Gasteiger partial charge in [0.1, 0.15) is 5.52 Å². The molecule has 9 nitrogen and oxygen atoms in total. The van der Waals surface area contributed by atoms with E-state index in [1.165, 1.54) is 0 Å². The standard InChI is InChI=1S/C13H17IN5O4P/c14-7-3-9(24(20,21)22)23-8(7)4-19-5-16-11-10(6-1-2-6)17-13(15)18-12(11)19/h5-9H,1-4H2,(H2,15,17,18)(H2,20,21,22)/t7-,8+,9-/m0/s1. The van der Waals surface area contributed by atoms with Gasteiger partial charge in [-0.25, -0.2) is 9.97 Å². The van der Waals surface area contributed by atoms with Crippen molar-refractivity contribution < 1.29 is 19.1 Å². The largest absolute Gasteiger partial charge is 0.368 e. The van der Waals surface area contributed by atoms with Crippen LogP contribution >= 0.6 is 30.2 Å². The van der Waals surface area contributed by atoms with E-state index in [2.05, 4.69) is 37.5 Å². The van der Waals surface area contributed by atoms with E-state index in [-0.39, 0.29) is 16.0 Å². The number of fused-ring (bicyclic) bond motifs is 1. The van der Waals surface area contributed by atoms with Crippen LogP contribution < -0.4 is 5.73 Å². The zero-order chi connectivity index (χ0) is 17.1. The van der Waals surface area contributed by atoms with E-state index >= 15 is 0 Å². The number of hydrogen-bond acceptors (Lipinski definition) is 6. The average molecular weight is 465 g/mol. The van der Waals surface area contributed by atoms with Gasteiger partial charge in [-0.2, -0.15) is 4.98 Å². The highest BCUT2D eigenvalue weighted by molar-refractivity contribution is 14.1.